The Labute approximate surface area is 120 Å². The van der Waals surface area contributed by atoms with E-state index in [0.717, 1.165) is 38.0 Å². The molecule has 20 heavy (non-hydrogen) atoms. The van der Waals surface area contributed by atoms with Crippen LogP contribution in [0.4, 0.5) is 5.69 Å². The standard InChI is InChI=1S/C15H21NO3S/c17-20(18)8-2-3-12(11-20)10-19-14-5-6-15-13(9-14)4-1-7-16-15/h5-6,9,12,16H,1-4,7-8,10-11H2. The van der Waals surface area contributed by atoms with E-state index in [-0.39, 0.29) is 11.7 Å². The normalized spacial score (nSPS) is 24.5. The molecule has 0 aliphatic carbocycles. The van der Waals surface area contributed by atoms with Crippen molar-refractivity contribution >= 4 is 15.5 Å². The van der Waals surface area contributed by atoms with Crippen LogP contribution in [0.1, 0.15) is 24.8 Å². The second-order valence-electron chi connectivity index (χ2n) is 5.78. The lowest BCUT2D eigenvalue weighted by Crippen LogP contribution is -2.29. The van der Waals surface area contributed by atoms with Gasteiger partial charge in [0.15, 0.2) is 9.84 Å². The van der Waals surface area contributed by atoms with Crippen molar-refractivity contribution in [1.29, 1.82) is 0 Å². The molecule has 3 rings (SSSR count). The highest BCUT2D eigenvalue weighted by atomic mass is 32.2. The maximum Gasteiger partial charge on any atom is 0.150 e. The minimum atomic E-state index is -2.84. The van der Waals surface area contributed by atoms with E-state index in [4.69, 9.17) is 4.74 Å². The van der Waals surface area contributed by atoms with Gasteiger partial charge in [-0.3, -0.25) is 0 Å². The average Bonchev–Trinajstić information content (AvgIpc) is 2.44. The third-order valence-electron chi connectivity index (χ3n) is 4.06. The number of hydrogen-bond donors (Lipinski definition) is 1. The fourth-order valence-electron chi connectivity index (χ4n) is 3.00. The van der Waals surface area contributed by atoms with Crippen molar-refractivity contribution in [2.24, 2.45) is 5.92 Å². The molecule has 0 radical (unpaired) electrons. The molecule has 0 saturated carbocycles. The number of aryl methyl sites for hydroxylation is 1. The molecule has 4 nitrogen and oxygen atoms in total. The van der Waals surface area contributed by atoms with Gasteiger partial charge in [-0.1, -0.05) is 0 Å². The average molecular weight is 295 g/mol. The maximum atomic E-state index is 11.6. The van der Waals surface area contributed by atoms with E-state index in [9.17, 15) is 8.42 Å². The van der Waals surface area contributed by atoms with Gasteiger partial charge in [0.05, 0.1) is 18.1 Å². The minimum absolute atomic E-state index is 0.142. The van der Waals surface area contributed by atoms with Crippen LogP contribution < -0.4 is 10.1 Å². The lowest BCUT2D eigenvalue weighted by atomic mass is 10.0. The molecule has 2 heterocycles. The van der Waals surface area contributed by atoms with Crippen LogP contribution in [-0.2, 0) is 16.3 Å². The van der Waals surface area contributed by atoms with E-state index in [2.05, 4.69) is 17.4 Å². The van der Waals surface area contributed by atoms with Crippen LogP contribution in [-0.4, -0.2) is 33.1 Å². The first kappa shape index (κ1) is 13.7. The Morgan fingerprint density at radius 3 is 3.05 bits per heavy atom. The van der Waals surface area contributed by atoms with E-state index in [1.54, 1.807) is 0 Å². The second kappa shape index (κ2) is 5.64. The highest BCUT2D eigenvalue weighted by molar-refractivity contribution is 7.91. The van der Waals surface area contributed by atoms with Gasteiger partial charge in [0.25, 0.3) is 0 Å². The molecule has 110 valence electrons. The number of nitrogens with one attached hydrogen (secondary N) is 1. The van der Waals surface area contributed by atoms with Crippen LogP contribution in [0.3, 0.4) is 0 Å². The summed E-state index contributed by atoms with van der Waals surface area (Å²) in [6.45, 7) is 1.54. The smallest absolute Gasteiger partial charge is 0.150 e. The molecule has 0 spiro atoms. The van der Waals surface area contributed by atoms with E-state index in [0.29, 0.717) is 12.4 Å². The third-order valence-corrected chi connectivity index (χ3v) is 5.95. The fourth-order valence-corrected chi connectivity index (χ4v) is 4.76. The Hall–Kier alpha value is -1.23. The van der Waals surface area contributed by atoms with E-state index < -0.39 is 9.84 Å². The summed E-state index contributed by atoms with van der Waals surface area (Å²) < 4.78 is 29.0. The first-order chi connectivity index (χ1) is 9.62. The summed E-state index contributed by atoms with van der Waals surface area (Å²) in [4.78, 5) is 0. The molecule has 0 aromatic heterocycles. The molecule has 1 aromatic carbocycles. The molecule has 5 heteroatoms. The molecule has 1 unspecified atom stereocenters. The summed E-state index contributed by atoms with van der Waals surface area (Å²) in [5.41, 5.74) is 2.49. The third kappa shape index (κ3) is 3.26. The Morgan fingerprint density at radius 2 is 2.20 bits per heavy atom. The van der Waals surface area contributed by atoms with Gasteiger partial charge in [0, 0.05) is 18.2 Å². The van der Waals surface area contributed by atoms with Gasteiger partial charge in [-0.15, -0.1) is 0 Å². The summed E-state index contributed by atoms with van der Waals surface area (Å²) >= 11 is 0. The molecular formula is C15H21NO3S. The van der Waals surface area contributed by atoms with E-state index >= 15 is 0 Å². The molecule has 2 aliphatic heterocycles. The number of rotatable bonds is 3. The van der Waals surface area contributed by atoms with Crippen LogP contribution in [0.15, 0.2) is 18.2 Å². The monoisotopic (exact) mass is 295 g/mol. The van der Waals surface area contributed by atoms with Crippen LogP contribution in [0.25, 0.3) is 0 Å². The van der Waals surface area contributed by atoms with Crippen molar-refractivity contribution in [2.75, 3.05) is 30.0 Å². The SMILES string of the molecule is O=S1(=O)CCCC(COc2ccc3c(c2)CCCN3)C1. The largest absolute Gasteiger partial charge is 0.493 e. The summed E-state index contributed by atoms with van der Waals surface area (Å²) in [6, 6.07) is 6.11. The summed E-state index contributed by atoms with van der Waals surface area (Å²) in [6.07, 6.45) is 3.95. The van der Waals surface area contributed by atoms with Crippen molar-refractivity contribution in [2.45, 2.75) is 25.7 Å². The highest BCUT2D eigenvalue weighted by Gasteiger charge is 2.25. The van der Waals surface area contributed by atoms with Gasteiger partial charge in [-0.2, -0.15) is 0 Å². The first-order valence-corrected chi connectivity index (χ1v) is 9.14. The van der Waals surface area contributed by atoms with E-state index in [1.165, 1.54) is 11.3 Å². The molecule has 2 aliphatic rings. The van der Waals surface area contributed by atoms with Crippen LogP contribution in [0.2, 0.25) is 0 Å². The van der Waals surface area contributed by atoms with Crippen molar-refractivity contribution < 1.29 is 13.2 Å². The molecule has 1 aromatic rings. The maximum absolute atomic E-state index is 11.6. The number of hydrogen-bond acceptors (Lipinski definition) is 4. The van der Waals surface area contributed by atoms with Crippen LogP contribution in [0.5, 0.6) is 5.75 Å². The number of ether oxygens (including phenoxy) is 1. The number of fused-ring (bicyclic) bond motifs is 1. The van der Waals surface area contributed by atoms with Gasteiger partial charge < -0.3 is 10.1 Å². The molecule has 0 bridgehead atoms. The zero-order valence-corrected chi connectivity index (χ0v) is 12.4. The molecular weight excluding hydrogens is 274 g/mol. The van der Waals surface area contributed by atoms with Gasteiger partial charge in [0.1, 0.15) is 5.75 Å². The Morgan fingerprint density at radius 1 is 1.30 bits per heavy atom. The molecule has 1 N–H and O–H groups in total. The van der Waals surface area contributed by atoms with Crippen molar-refractivity contribution in [3.8, 4) is 5.75 Å². The van der Waals surface area contributed by atoms with Crippen molar-refractivity contribution in [3.05, 3.63) is 23.8 Å². The summed E-state index contributed by atoms with van der Waals surface area (Å²) in [7, 11) is -2.84. The Balaban J connectivity index is 1.61. The lowest BCUT2D eigenvalue weighted by Gasteiger charge is -2.23. The lowest BCUT2D eigenvalue weighted by molar-refractivity contribution is 0.249. The zero-order valence-electron chi connectivity index (χ0n) is 11.6. The number of benzene rings is 1. The predicted molar refractivity (Wildman–Crippen MR) is 80.1 cm³/mol. The summed E-state index contributed by atoms with van der Waals surface area (Å²) in [5.74, 6) is 1.62. The van der Waals surface area contributed by atoms with Gasteiger partial charge >= 0.3 is 0 Å². The molecule has 1 atom stereocenters. The summed E-state index contributed by atoms with van der Waals surface area (Å²) in [5, 5.41) is 3.37. The van der Waals surface area contributed by atoms with Gasteiger partial charge in [-0.25, -0.2) is 8.42 Å². The molecule has 1 fully saturated rings. The topological polar surface area (TPSA) is 55.4 Å². The molecule has 1 saturated heterocycles. The van der Waals surface area contributed by atoms with Crippen LogP contribution >= 0.6 is 0 Å². The predicted octanol–water partition coefficient (Wildman–Crippen LogP) is 2.25. The molecule has 0 amide bonds. The Bertz CT molecular complexity index is 583. The van der Waals surface area contributed by atoms with Gasteiger partial charge in [-0.05, 0) is 49.4 Å². The quantitative estimate of drug-likeness (QED) is 0.929. The fraction of sp³-hybridized carbons (Fsp3) is 0.600. The van der Waals surface area contributed by atoms with Crippen molar-refractivity contribution in [1.82, 2.24) is 0 Å². The highest BCUT2D eigenvalue weighted by Crippen LogP contribution is 2.27. The minimum Gasteiger partial charge on any atom is -0.493 e. The second-order valence-corrected chi connectivity index (χ2v) is 8.01. The Kier molecular flexibility index (Phi) is 3.87. The van der Waals surface area contributed by atoms with Gasteiger partial charge in [0.2, 0.25) is 0 Å². The first-order valence-electron chi connectivity index (χ1n) is 7.32. The number of sulfone groups is 1. The number of anilines is 1. The van der Waals surface area contributed by atoms with Crippen LogP contribution in [0, 0.1) is 5.92 Å². The van der Waals surface area contributed by atoms with E-state index in [1.807, 2.05) is 6.07 Å². The van der Waals surface area contributed by atoms with Crippen molar-refractivity contribution in [3.63, 3.8) is 0 Å². The zero-order chi connectivity index (χ0) is 14.0.